The predicted octanol–water partition coefficient (Wildman–Crippen LogP) is 1.74. The summed E-state index contributed by atoms with van der Waals surface area (Å²) in [5, 5.41) is 0. The van der Waals surface area contributed by atoms with Crippen molar-refractivity contribution in [1.82, 2.24) is 9.37 Å². The van der Waals surface area contributed by atoms with Gasteiger partial charge in [-0.1, -0.05) is 11.4 Å². The Morgan fingerprint density at radius 2 is 1.77 bits per heavy atom. The SMILES string of the molecule is CON(C)S(=O)(=O)c1ccc(C(=O)N2CCC(C)CC2)cc1. The second kappa shape index (κ2) is 6.76. The van der Waals surface area contributed by atoms with Gasteiger partial charge in [0, 0.05) is 25.7 Å². The standard InChI is InChI=1S/C15H22N2O4S/c1-12-8-10-17(11-9-12)15(18)13-4-6-14(7-5-13)22(19,20)16(2)21-3/h4-7,12H,8-11H2,1-3H3. The third-order valence-electron chi connectivity index (χ3n) is 4.07. The maximum Gasteiger partial charge on any atom is 0.264 e. The van der Waals surface area contributed by atoms with Crippen LogP contribution in [0, 0.1) is 5.92 Å². The van der Waals surface area contributed by atoms with E-state index in [0.717, 1.165) is 30.4 Å². The van der Waals surface area contributed by atoms with Gasteiger partial charge in [0.15, 0.2) is 0 Å². The molecule has 7 heteroatoms. The number of sulfonamides is 1. The number of benzene rings is 1. The van der Waals surface area contributed by atoms with E-state index in [-0.39, 0.29) is 10.8 Å². The van der Waals surface area contributed by atoms with Crippen molar-refractivity contribution in [3.05, 3.63) is 29.8 Å². The first kappa shape index (κ1) is 16.9. The minimum atomic E-state index is -3.68. The minimum absolute atomic E-state index is 0.0454. The summed E-state index contributed by atoms with van der Waals surface area (Å²) < 4.78 is 25.0. The van der Waals surface area contributed by atoms with E-state index in [4.69, 9.17) is 4.84 Å². The van der Waals surface area contributed by atoms with Gasteiger partial charge in [-0.05, 0) is 43.0 Å². The average molecular weight is 326 g/mol. The van der Waals surface area contributed by atoms with Crippen LogP contribution in [0.25, 0.3) is 0 Å². The van der Waals surface area contributed by atoms with E-state index in [2.05, 4.69) is 6.92 Å². The summed E-state index contributed by atoms with van der Waals surface area (Å²) >= 11 is 0. The van der Waals surface area contributed by atoms with E-state index in [9.17, 15) is 13.2 Å². The highest BCUT2D eigenvalue weighted by Gasteiger charge is 2.23. The summed E-state index contributed by atoms with van der Waals surface area (Å²) in [6.07, 6.45) is 2.02. The molecule has 1 aliphatic heterocycles. The lowest BCUT2D eigenvalue weighted by atomic mass is 9.98. The Hall–Kier alpha value is -1.44. The van der Waals surface area contributed by atoms with Crippen LogP contribution in [0.5, 0.6) is 0 Å². The summed E-state index contributed by atoms with van der Waals surface area (Å²) in [5.41, 5.74) is 0.508. The molecular weight excluding hydrogens is 304 g/mol. The van der Waals surface area contributed by atoms with Crippen LogP contribution in [-0.2, 0) is 14.9 Å². The largest absolute Gasteiger partial charge is 0.339 e. The van der Waals surface area contributed by atoms with Crippen LogP contribution in [0.2, 0.25) is 0 Å². The summed E-state index contributed by atoms with van der Waals surface area (Å²) in [4.78, 5) is 19.0. The van der Waals surface area contributed by atoms with Gasteiger partial charge in [-0.25, -0.2) is 8.42 Å². The molecule has 1 saturated heterocycles. The van der Waals surface area contributed by atoms with Crippen LogP contribution < -0.4 is 0 Å². The molecule has 0 aliphatic carbocycles. The maximum absolute atomic E-state index is 12.4. The summed E-state index contributed by atoms with van der Waals surface area (Å²) in [7, 11) is -1.07. The van der Waals surface area contributed by atoms with Gasteiger partial charge in [0.25, 0.3) is 15.9 Å². The lowest BCUT2D eigenvalue weighted by Crippen LogP contribution is -2.37. The van der Waals surface area contributed by atoms with Crippen LogP contribution >= 0.6 is 0 Å². The molecule has 0 N–H and O–H groups in total. The van der Waals surface area contributed by atoms with Crippen molar-refractivity contribution in [2.45, 2.75) is 24.7 Å². The Labute approximate surface area is 131 Å². The number of likely N-dealkylation sites (tertiary alicyclic amines) is 1. The molecular formula is C15H22N2O4S. The molecule has 0 aromatic heterocycles. The van der Waals surface area contributed by atoms with Gasteiger partial charge in [0.2, 0.25) is 0 Å². The second-order valence-electron chi connectivity index (χ2n) is 5.60. The molecule has 1 aromatic carbocycles. The molecule has 0 radical (unpaired) electrons. The van der Waals surface area contributed by atoms with E-state index in [0.29, 0.717) is 11.5 Å². The molecule has 1 aliphatic rings. The smallest absolute Gasteiger partial charge is 0.264 e. The Kier molecular flexibility index (Phi) is 5.20. The number of piperidine rings is 1. The van der Waals surface area contributed by atoms with E-state index < -0.39 is 10.0 Å². The van der Waals surface area contributed by atoms with Crippen molar-refractivity contribution in [3.63, 3.8) is 0 Å². The fourth-order valence-corrected chi connectivity index (χ4v) is 3.38. The topological polar surface area (TPSA) is 66.9 Å². The Bertz CT molecular complexity index is 619. The van der Waals surface area contributed by atoms with Crippen molar-refractivity contribution in [2.75, 3.05) is 27.2 Å². The fraction of sp³-hybridized carbons (Fsp3) is 0.533. The zero-order valence-corrected chi connectivity index (χ0v) is 14.0. The molecule has 6 nitrogen and oxygen atoms in total. The van der Waals surface area contributed by atoms with Gasteiger partial charge >= 0.3 is 0 Å². The number of rotatable bonds is 4. The van der Waals surface area contributed by atoms with Crippen molar-refractivity contribution >= 4 is 15.9 Å². The first-order chi connectivity index (χ1) is 10.4. The van der Waals surface area contributed by atoms with Gasteiger partial charge in [-0.3, -0.25) is 9.63 Å². The lowest BCUT2D eigenvalue weighted by Gasteiger charge is -2.30. The van der Waals surface area contributed by atoms with Gasteiger partial charge in [-0.15, -0.1) is 0 Å². The van der Waals surface area contributed by atoms with Gasteiger partial charge < -0.3 is 4.90 Å². The zero-order valence-electron chi connectivity index (χ0n) is 13.2. The van der Waals surface area contributed by atoms with Crippen LogP contribution in [0.3, 0.4) is 0 Å². The number of carbonyl (C=O) groups excluding carboxylic acids is 1. The van der Waals surface area contributed by atoms with Gasteiger partial charge in [-0.2, -0.15) is 0 Å². The highest BCUT2D eigenvalue weighted by Crippen LogP contribution is 2.20. The Morgan fingerprint density at radius 1 is 1.23 bits per heavy atom. The van der Waals surface area contributed by atoms with E-state index in [1.165, 1.54) is 26.3 Å². The number of hydrogen-bond donors (Lipinski definition) is 0. The first-order valence-electron chi connectivity index (χ1n) is 7.28. The molecule has 1 fully saturated rings. The van der Waals surface area contributed by atoms with E-state index in [1.54, 1.807) is 12.1 Å². The Morgan fingerprint density at radius 3 is 2.27 bits per heavy atom. The normalized spacial score (nSPS) is 17.0. The van der Waals surface area contributed by atoms with E-state index >= 15 is 0 Å². The zero-order chi connectivity index (χ0) is 16.3. The predicted molar refractivity (Wildman–Crippen MR) is 82.7 cm³/mol. The molecule has 2 rings (SSSR count). The number of amides is 1. The van der Waals surface area contributed by atoms with Gasteiger partial charge in [0.05, 0.1) is 12.0 Å². The molecule has 0 saturated carbocycles. The highest BCUT2D eigenvalue weighted by molar-refractivity contribution is 7.89. The Balaban J connectivity index is 2.14. The van der Waals surface area contributed by atoms with Crippen LogP contribution in [0.1, 0.15) is 30.1 Å². The highest BCUT2D eigenvalue weighted by atomic mass is 32.2. The molecule has 1 aromatic rings. The lowest BCUT2D eigenvalue weighted by molar-refractivity contribution is -0.0258. The maximum atomic E-state index is 12.4. The summed E-state index contributed by atoms with van der Waals surface area (Å²) in [5.74, 6) is 0.608. The monoisotopic (exact) mass is 326 g/mol. The molecule has 0 bridgehead atoms. The molecule has 0 spiro atoms. The molecule has 1 amide bonds. The van der Waals surface area contributed by atoms with E-state index in [1.807, 2.05) is 4.90 Å². The third-order valence-corrected chi connectivity index (χ3v) is 5.76. The molecule has 22 heavy (non-hydrogen) atoms. The summed E-state index contributed by atoms with van der Waals surface area (Å²) in [6, 6.07) is 5.98. The molecule has 0 unspecified atom stereocenters. The van der Waals surface area contributed by atoms with Crippen molar-refractivity contribution in [1.29, 1.82) is 0 Å². The number of hydroxylamine groups is 1. The summed E-state index contributed by atoms with van der Waals surface area (Å²) in [6.45, 7) is 3.70. The average Bonchev–Trinajstić information content (AvgIpc) is 2.54. The molecule has 1 heterocycles. The van der Waals surface area contributed by atoms with Crippen LogP contribution in [0.4, 0.5) is 0 Å². The number of hydrogen-bond acceptors (Lipinski definition) is 4. The fourth-order valence-electron chi connectivity index (χ4n) is 2.41. The molecule has 122 valence electrons. The van der Waals surface area contributed by atoms with Crippen LogP contribution in [0.15, 0.2) is 29.2 Å². The van der Waals surface area contributed by atoms with Gasteiger partial charge in [0.1, 0.15) is 0 Å². The second-order valence-corrected chi connectivity index (χ2v) is 7.53. The molecule has 0 atom stereocenters. The first-order valence-corrected chi connectivity index (χ1v) is 8.72. The minimum Gasteiger partial charge on any atom is -0.339 e. The number of nitrogens with zero attached hydrogens (tertiary/aromatic N) is 2. The quantitative estimate of drug-likeness (QED) is 0.791. The van der Waals surface area contributed by atoms with Crippen molar-refractivity contribution in [2.24, 2.45) is 5.92 Å². The van der Waals surface area contributed by atoms with Crippen molar-refractivity contribution in [3.8, 4) is 0 Å². The van der Waals surface area contributed by atoms with Crippen LogP contribution in [-0.4, -0.2) is 50.9 Å². The number of carbonyl (C=O) groups is 1. The van der Waals surface area contributed by atoms with Crippen molar-refractivity contribution < 1.29 is 18.0 Å². The third kappa shape index (κ3) is 3.48.